The smallest absolute Gasteiger partial charge is 0.271 e. The summed E-state index contributed by atoms with van der Waals surface area (Å²) in [5, 5.41) is 15.3. The van der Waals surface area contributed by atoms with Crippen molar-refractivity contribution in [2.75, 3.05) is 0 Å². The molecule has 0 aliphatic carbocycles. The van der Waals surface area contributed by atoms with E-state index >= 15 is 0 Å². The van der Waals surface area contributed by atoms with Crippen LogP contribution in [0.3, 0.4) is 0 Å². The molecule has 0 saturated carbocycles. The molecular formula is C26H18FN3O2. The van der Waals surface area contributed by atoms with Crippen LogP contribution in [0.2, 0.25) is 0 Å². The first-order valence-electron chi connectivity index (χ1n) is 9.87. The van der Waals surface area contributed by atoms with Gasteiger partial charge in [-0.05, 0) is 47.2 Å². The van der Waals surface area contributed by atoms with Crippen molar-refractivity contribution in [3.63, 3.8) is 0 Å². The summed E-state index contributed by atoms with van der Waals surface area (Å²) in [6, 6.07) is 26.1. The number of hydrogen-bond donors (Lipinski definition) is 1. The van der Waals surface area contributed by atoms with Gasteiger partial charge in [0.15, 0.2) is 0 Å². The highest BCUT2D eigenvalue weighted by Crippen LogP contribution is 2.27. The van der Waals surface area contributed by atoms with E-state index in [9.17, 15) is 14.4 Å². The maximum atomic E-state index is 13.1. The number of hydrogen-bond acceptors (Lipinski definition) is 4. The van der Waals surface area contributed by atoms with Gasteiger partial charge in [0.25, 0.3) is 5.91 Å². The van der Waals surface area contributed by atoms with Gasteiger partial charge in [-0.1, -0.05) is 48.5 Å². The van der Waals surface area contributed by atoms with E-state index in [0.29, 0.717) is 22.4 Å². The molecule has 0 unspecified atom stereocenters. The number of fused-ring (bicyclic) bond motifs is 1. The van der Waals surface area contributed by atoms with Crippen molar-refractivity contribution in [1.29, 1.82) is 5.26 Å². The van der Waals surface area contributed by atoms with Crippen LogP contribution in [0.4, 0.5) is 4.39 Å². The zero-order valence-corrected chi connectivity index (χ0v) is 17.0. The fourth-order valence-corrected chi connectivity index (χ4v) is 3.27. The molecule has 6 heteroatoms. The van der Waals surface area contributed by atoms with Crippen molar-refractivity contribution in [3.8, 4) is 11.8 Å². The van der Waals surface area contributed by atoms with Crippen molar-refractivity contribution in [2.45, 2.75) is 6.61 Å². The number of rotatable bonds is 6. The number of carbonyl (C=O) groups excluding carboxylic acids is 1. The van der Waals surface area contributed by atoms with Gasteiger partial charge in [-0.2, -0.15) is 10.4 Å². The van der Waals surface area contributed by atoms with Crippen LogP contribution in [0.1, 0.15) is 27.0 Å². The number of ether oxygens (including phenoxy) is 1. The van der Waals surface area contributed by atoms with Gasteiger partial charge in [0.05, 0.1) is 17.8 Å². The Kier molecular flexibility index (Phi) is 6.19. The molecule has 0 heterocycles. The van der Waals surface area contributed by atoms with Crippen LogP contribution in [-0.2, 0) is 6.61 Å². The lowest BCUT2D eigenvalue weighted by molar-refractivity contribution is 0.0955. The molecule has 0 saturated heterocycles. The molecule has 1 N–H and O–H groups in total. The third-order valence-corrected chi connectivity index (χ3v) is 4.92. The first-order valence-corrected chi connectivity index (χ1v) is 9.87. The van der Waals surface area contributed by atoms with Gasteiger partial charge < -0.3 is 4.74 Å². The second kappa shape index (κ2) is 9.54. The van der Waals surface area contributed by atoms with Crippen LogP contribution in [0.15, 0.2) is 90.0 Å². The Morgan fingerprint density at radius 1 is 1.00 bits per heavy atom. The predicted molar refractivity (Wildman–Crippen MR) is 121 cm³/mol. The minimum absolute atomic E-state index is 0.213. The summed E-state index contributed by atoms with van der Waals surface area (Å²) >= 11 is 0. The molecule has 0 spiro atoms. The molecule has 0 fully saturated rings. The number of nitriles is 1. The standard InChI is InChI=1S/C26H18FN3O2/c27-22-12-9-19(10-13-22)26(31)30-29-16-24-23-8-4-3-5-18(23)11-14-25(24)32-17-21-7-2-1-6-20(21)15-28/h1-14,16H,17H2,(H,30,31)/b29-16-. The van der Waals surface area contributed by atoms with Gasteiger partial charge in [0, 0.05) is 16.7 Å². The lowest BCUT2D eigenvalue weighted by Gasteiger charge is -2.12. The summed E-state index contributed by atoms with van der Waals surface area (Å²) in [5.74, 6) is -0.302. The first kappa shape index (κ1) is 20.8. The second-order valence-corrected chi connectivity index (χ2v) is 6.96. The summed E-state index contributed by atoms with van der Waals surface area (Å²) in [7, 11) is 0. The van der Waals surface area contributed by atoms with E-state index < -0.39 is 11.7 Å². The van der Waals surface area contributed by atoms with E-state index in [1.165, 1.54) is 30.5 Å². The maximum absolute atomic E-state index is 13.1. The SMILES string of the molecule is N#Cc1ccccc1COc1ccc2ccccc2c1/C=N\NC(=O)c1ccc(F)cc1. The molecule has 32 heavy (non-hydrogen) atoms. The summed E-state index contributed by atoms with van der Waals surface area (Å²) in [6.07, 6.45) is 1.52. The zero-order valence-electron chi connectivity index (χ0n) is 17.0. The molecule has 0 aromatic heterocycles. The van der Waals surface area contributed by atoms with Crippen LogP contribution in [0, 0.1) is 17.1 Å². The molecule has 0 bridgehead atoms. The van der Waals surface area contributed by atoms with Crippen LogP contribution < -0.4 is 10.2 Å². The third-order valence-electron chi connectivity index (χ3n) is 4.92. The molecule has 156 valence electrons. The highest BCUT2D eigenvalue weighted by Gasteiger charge is 2.10. The number of amides is 1. The zero-order chi connectivity index (χ0) is 22.3. The van der Waals surface area contributed by atoms with Gasteiger partial charge in [0.1, 0.15) is 18.2 Å². The highest BCUT2D eigenvalue weighted by molar-refractivity contribution is 6.03. The van der Waals surface area contributed by atoms with E-state index in [0.717, 1.165) is 16.3 Å². The minimum Gasteiger partial charge on any atom is -0.488 e. The fraction of sp³-hybridized carbons (Fsp3) is 0.0385. The van der Waals surface area contributed by atoms with E-state index in [4.69, 9.17) is 4.74 Å². The Bertz CT molecular complexity index is 1340. The van der Waals surface area contributed by atoms with E-state index in [-0.39, 0.29) is 6.61 Å². The summed E-state index contributed by atoms with van der Waals surface area (Å²) < 4.78 is 19.1. The van der Waals surface area contributed by atoms with E-state index in [1.54, 1.807) is 12.1 Å². The molecule has 1 amide bonds. The van der Waals surface area contributed by atoms with Crippen molar-refractivity contribution in [2.24, 2.45) is 5.10 Å². The Hall–Kier alpha value is -4.50. The molecule has 4 rings (SSSR count). The molecule has 4 aromatic carbocycles. The lowest BCUT2D eigenvalue weighted by atomic mass is 10.0. The van der Waals surface area contributed by atoms with Crippen molar-refractivity contribution in [3.05, 3.63) is 113 Å². The molecule has 0 aliphatic heterocycles. The molecule has 4 aromatic rings. The second-order valence-electron chi connectivity index (χ2n) is 6.96. The number of carbonyl (C=O) groups is 1. The number of benzene rings is 4. The van der Waals surface area contributed by atoms with Gasteiger partial charge >= 0.3 is 0 Å². The number of nitrogens with one attached hydrogen (secondary N) is 1. The quantitative estimate of drug-likeness (QED) is 0.342. The predicted octanol–water partition coefficient (Wildman–Crippen LogP) is 5.19. The molecule has 0 aliphatic rings. The van der Waals surface area contributed by atoms with Gasteiger partial charge in [-0.3, -0.25) is 4.79 Å². The highest BCUT2D eigenvalue weighted by atomic mass is 19.1. The Morgan fingerprint density at radius 2 is 1.75 bits per heavy atom. The minimum atomic E-state index is -0.452. The number of hydrazone groups is 1. The van der Waals surface area contributed by atoms with Crippen molar-refractivity contribution in [1.82, 2.24) is 5.43 Å². The summed E-state index contributed by atoms with van der Waals surface area (Å²) in [5.41, 5.74) is 4.77. The first-order chi connectivity index (χ1) is 15.7. The molecular weight excluding hydrogens is 405 g/mol. The summed E-state index contributed by atoms with van der Waals surface area (Å²) in [4.78, 5) is 12.3. The summed E-state index contributed by atoms with van der Waals surface area (Å²) in [6.45, 7) is 0.213. The largest absolute Gasteiger partial charge is 0.488 e. The maximum Gasteiger partial charge on any atom is 0.271 e. The number of nitrogens with zero attached hydrogens (tertiary/aromatic N) is 2. The van der Waals surface area contributed by atoms with E-state index in [2.05, 4.69) is 16.6 Å². The van der Waals surface area contributed by atoms with Crippen LogP contribution >= 0.6 is 0 Å². The van der Waals surface area contributed by atoms with Crippen LogP contribution in [-0.4, -0.2) is 12.1 Å². The van der Waals surface area contributed by atoms with Crippen LogP contribution in [0.5, 0.6) is 5.75 Å². The van der Waals surface area contributed by atoms with Crippen molar-refractivity contribution >= 4 is 22.9 Å². The average Bonchev–Trinajstić information content (AvgIpc) is 2.83. The molecule has 0 radical (unpaired) electrons. The van der Waals surface area contributed by atoms with Gasteiger partial charge in [0.2, 0.25) is 0 Å². The monoisotopic (exact) mass is 423 g/mol. The Morgan fingerprint density at radius 3 is 2.56 bits per heavy atom. The van der Waals surface area contributed by atoms with Gasteiger partial charge in [-0.15, -0.1) is 0 Å². The van der Waals surface area contributed by atoms with E-state index in [1.807, 2.05) is 48.5 Å². The van der Waals surface area contributed by atoms with Crippen molar-refractivity contribution < 1.29 is 13.9 Å². The Labute approximate surface area is 184 Å². The fourth-order valence-electron chi connectivity index (χ4n) is 3.27. The number of halogens is 1. The Balaban J connectivity index is 1.60. The van der Waals surface area contributed by atoms with Crippen LogP contribution in [0.25, 0.3) is 10.8 Å². The molecule has 0 atom stereocenters. The van der Waals surface area contributed by atoms with Gasteiger partial charge in [-0.25, -0.2) is 9.82 Å². The normalized spacial score (nSPS) is 10.8. The topological polar surface area (TPSA) is 74.5 Å². The molecule has 5 nitrogen and oxygen atoms in total. The lowest BCUT2D eigenvalue weighted by Crippen LogP contribution is -2.17. The third kappa shape index (κ3) is 4.63. The average molecular weight is 423 g/mol.